The first-order chi connectivity index (χ1) is 39.6. The van der Waals surface area contributed by atoms with Crippen LogP contribution in [0.4, 0.5) is 34.1 Å². The minimum Gasteiger partial charge on any atom is -0.310 e. The van der Waals surface area contributed by atoms with Gasteiger partial charge >= 0.3 is 0 Å². The Labute approximate surface area is 467 Å². The molecular weight excluding hydrogens is 969 g/mol. The first-order valence-corrected chi connectivity index (χ1v) is 29.4. The number of fused-ring (bicyclic) bond motifs is 8. The molecule has 0 fully saturated rings. The summed E-state index contributed by atoms with van der Waals surface area (Å²) in [6, 6.07) is 83.9. The van der Waals surface area contributed by atoms with E-state index in [1.807, 2.05) is 0 Å². The maximum Gasteiger partial charge on any atom is 0.0561 e. The number of nitrogens with zero attached hydrogens (tertiary/aromatic N) is 4. The van der Waals surface area contributed by atoms with Crippen LogP contribution < -0.4 is 9.80 Å². The molecule has 0 radical (unpaired) electrons. The number of para-hydroxylation sites is 2. The van der Waals surface area contributed by atoms with Crippen LogP contribution in [0.1, 0.15) is 72.9 Å². The summed E-state index contributed by atoms with van der Waals surface area (Å²) in [5.74, 6) is 0. The topological polar surface area (TPSA) is 16.3 Å². The van der Waals surface area contributed by atoms with Crippen molar-refractivity contribution >= 4 is 110 Å². The van der Waals surface area contributed by atoms with Gasteiger partial charge in [-0.1, -0.05) is 147 Å². The Morgan fingerprint density at radius 1 is 0.325 bits per heavy atom. The highest BCUT2D eigenvalue weighted by Gasteiger charge is 2.28. The molecule has 0 saturated carbocycles. The molecule has 4 nitrogen and oxygen atoms in total. The summed E-state index contributed by atoms with van der Waals surface area (Å²) >= 11 is 0. The van der Waals surface area contributed by atoms with Crippen molar-refractivity contribution in [1.29, 1.82) is 0 Å². The number of rotatable bonds is 10. The number of hydrogen-bond acceptors (Lipinski definition) is 2. The van der Waals surface area contributed by atoms with E-state index >= 15 is 0 Å². The van der Waals surface area contributed by atoms with Crippen molar-refractivity contribution in [2.24, 2.45) is 0 Å². The van der Waals surface area contributed by atoms with Gasteiger partial charge in [-0.2, -0.15) is 0 Å². The number of anilines is 6. The van der Waals surface area contributed by atoms with Gasteiger partial charge in [-0.05, 0) is 204 Å². The molecule has 2 aliphatic rings. The fourth-order valence-corrected chi connectivity index (χ4v) is 14.5. The van der Waals surface area contributed by atoms with Crippen molar-refractivity contribution in [1.82, 2.24) is 9.13 Å². The molecule has 0 unspecified atom stereocenters. The number of hydrogen-bond donors (Lipinski definition) is 0. The van der Waals surface area contributed by atoms with Gasteiger partial charge in [0.05, 0.1) is 33.4 Å². The molecule has 2 aliphatic carbocycles. The lowest BCUT2D eigenvalue weighted by Gasteiger charge is -2.33. The molecule has 0 saturated heterocycles. The molecule has 14 aromatic rings. The van der Waals surface area contributed by atoms with Crippen LogP contribution in [0.5, 0.6) is 0 Å². The first kappa shape index (κ1) is 46.9. The highest BCUT2D eigenvalue weighted by atomic mass is 15.2. The van der Waals surface area contributed by atoms with Crippen molar-refractivity contribution in [2.45, 2.75) is 78.1 Å². The molecule has 16 rings (SSSR count). The second kappa shape index (κ2) is 18.8. The quantitative estimate of drug-likeness (QED) is 0.127. The molecule has 2 heterocycles. The van der Waals surface area contributed by atoms with Gasteiger partial charge in [0.2, 0.25) is 0 Å². The predicted molar refractivity (Wildman–Crippen MR) is 340 cm³/mol. The number of aromatic nitrogens is 2. The van der Waals surface area contributed by atoms with E-state index in [1.54, 1.807) is 0 Å². The van der Waals surface area contributed by atoms with Crippen molar-refractivity contribution in [3.05, 3.63) is 252 Å². The largest absolute Gasteiger partial charge is 0.310 e. The smallest absolute Gasteiger partial charge is 0.0561 e. The summed E-state index contributed by atoms with van der Waals surface area (Å²) in [6.07, 6.45) is 11.2. The maximum atomic E-state index is 2.62. The summed E-state index contributed by atoms with van der Waals surface area (Å²) in [5, 5.41) is 12.7. The molecule has 0 spiro atoms. The van der Waals surface area contributed by atoms with Crippen LogP contribution in [0.25, 0.3) is 87.3 Å². The third-order valence-corrected chi connectivity index (χ3v) is 18.3. The molecule has 0 bridgehead atoms. The summed E-state index contributed by atoms with van der Waals surface area (Å²) in [4.78, 5) is 5.24. The Balaban J connectivity index is 0.942. The summed E-state index contributed by atoms with van der Waals surface area (Å²) in [7, 11) is 0. The lowest BCUT2D eigenvalue weighted by molar-refractivity contribution is 0.686. The van der Waals surface area contributed by atoms with Gasteiger partial charge in [-0.15, -0.1) is 0 Å². The average Bonchev–Trinajstić information content (AvgIpc) is 4.19. The van der Waals surface area contributed by atoms with Crippen LogP contribution in [-0.2, 0) is 38.5 Å². The van der Waals surface area contributed by atoms with Gasteiger partial charge < -0.3 is 18.9 Å². The normalized spacial score (nSPS) is 13.6. The third kappa shape index (κ3) is 7.27. The number of benzene rings is 12. The fraction of sp³-hybridized carbons (Fsp3) is 0.158. The monoisotopic (exact) mass is 1030 g/mol. The Hall–Kier alpha value is -9.12. The van der Waals surface area contributed by atoms with E-state index in [9.17, 15) is 0 Å². The van der Waals surface area contributed by atoms with E-state index in [0.717, 1.165) is 49.9 Å². The van der Waals surface area contributed by atoms with Crippen LogP contribution in [0, 0.1) is 0 Å². The first-order valence-electron chi connectivity index (χ1n) is 29.4. The molecule has 80 heavy (non-hydrogen) atoms. The van der Waals surface area contributed by atoms with Crippen molar-refractivity contribution < 1.29 is 0 Å². The zero-order valence-electron chi connectivity index (χ0n) is 45.6. The van der Waals surface area contributed by atoms with Crippen LogP contribution in [0.3, 0.4) is 0 Å². The van der Waals surface area contributed by atoms with Gasteiger partial charge in [-0.25, -0.2) is 0 Å². The highest BCUT2D eigenvalue weighted by molar-refractivity contribution is 6.28. The Morgan fingerprint density at radius 2 is 0.738 bits per heavy atom. The zero-order chi connectivity index (χ0) is 53.0. The maximum absolute atomic E-state index is 2.62. The predicted octanol–water partition coefficient (Wildman–Crippen LogP) is 20.6. The minimum absolute atomic E-state index is 0.988. The molecule has 4 heteroatoms. The average molecular weight is 1030 g/mol. The van der Waals surface area contributed by atoms with Gasteiger partial charge in [-0.3, -0.25) is 0 Å². The summed E-state index contributed by atoms with van der Waals surface area (Å²) in [6.45, 7) is 4.50. The fourth-order valence-electron chi connectivity index (χ4n) is 14.5. The summed E-state index contributed by atoms with van der Waals surface area (Å²) in [5.41, 5.74) is 23.1. The van der Waals surface area contributed by atoms with E-state index in [-0.39, 0.29) is 0 Å². The van der Waals surface area contributed by atoms with E-state index in [0.29, 0.717) is 0 Å². The molecule has 0 N–H and O–H groups in total. The van der Waals surface area contributed by atoms with E-state index in [1.165, 1.54) is 169 Å². The van der Waals surface area contributed by atoms with E-state index in [4.69, 9.17) is 0 Å². The van der Waals surface area contributed by atoms with Crippen LogP contribution >= 0.6 is 0 Å². The third-order valence-electron chi connectivity index (χ3n) is 18.3. The number of aryl methyl sites for hydroxylation is 4. The van der Waals surface area contributed by atoms with Crippen LogP contribution in [0.2, 0.25) is 0 Å². The molecule has 2 aromatic heterocycles. The zero-order valence-corrected chi connectivity index (χ0v) is 45.6. The van der Waals surface area contributed by atoms with Crippen LogP contribution in [0.15, 0.2) is 218 Å². The van der Waals surface area contributed by atoms with Crippen molar-refractivity contribution in [2.75, 3.05) is 9.80 Å². The second-order valence-electron chi connectivity index (χ2n) is 22.7. The minimum atomic E-state index is 0.988. The van der Waals surface area contributed by atoms with E-state index < -0.39 is 0 Å². The highest BCUT2D eigenvalue weighted by Crippen LogP contribution is 2.51. The lowest BCUT2D eigenvalue weighted by Crippen LogP contribution is -2.16. The molecule has 0 amide bonds. The Bertz CT molecular complexity index is 4480. The van der Waals surface area contributed by atoms with Gasteiger partial charge in [0.15, 0.2) is 0 Å². The molecule has 12 aromatic carbocycles. The standard InChI is InChI=1S/C76H62N4/c1-3-49-17-13-23-55(45-49)79-69-29-11-9-27-61(69)63-41-37-57(47-73(63)79)77(67-31-15-21-51-19-5-7-25-59(51)67)71-43-35-53-34-40-66-72(44-36-54-33-39-65(71)75(53)76(54)66)78(68-32-16-22-52-20-6-8-26-60(52)68)58-38-42-64-62-28-10-12-30-70(62)80(74(64)48-58)56-24-14-18-50(4-2)46-56/h9-18,21-24,27-48H,3-8,19-20,25-26H2,1-2H3. The SMILES string of the molecule is CCc1cccc(-n2c3ccccc3c3ccc(N(c4cccc5c4CCCC5)c4ccc5ccc6c(N(c7ccc8c9ccccc9n(-c9cccc(CC)c9)c8c7)c7cccc8c7CCCC8)ccc7ccc4c5c76)cc32)c1. The second-order valence-corrected chi connectivity index (χ2v) is 22.7. The van der Waals surface area contributed by atoms with Gasteiger partial charge in [0.1, 0.15) is 0 Å². The Kier molecular flexibility index (Phi) is 11.0. The molecule has 0 atom stereocenters. The summed E-state index contributed by atoms with van der Waals surface area (Å²) < 4.78 is 4.99. The van der Waals surface area contributed by atoms with Gasteiger partial charge in [0.25, 0.3) is 0 Å². The van der Waals surface area contributed by atoms with Crippen molar-refractivity contribution in [3.8, 4) is 11.4 Å². The molecular formula is C76H62N4. The van der Waals surface area contributed by atoms with E-state index in [2.05, 4.69) is 251 Å². The van der Waals surface area contributed by atoms with Crippen LogP contribution in [-0.4, -0.2) is 9.13 Å². The van der Waals surface area contributed by atoms with Crippen molar-refractivity contribution in [3.63, 3.8) is 0 Å². The lowest BCUT2D eigenvalue weighted by atomic mass is 9.88. The Morgan fingerprint density at radius 3 is 1.21 bits per heavy atom. The molecule has 0 aliphatic heterocycles. The van der Waals surface area contributed by atoms with Gasteiger partial charge in [0, 0.05) is 66.4 Å². The molecule has 386 valence electrons.